The van der Waals surface area contributed by atoms with Gasteiger partial charge in [-0.25, -0.2) is 0 Å². The van der Waals surface area contributed by atoms with Crippen LogP contribution in [0.5, 0.6) is 0 Å². The topological polar surface area (TPSA) is 12.0 Å². The molecule has 0 spiro atoms. The first-order chi connectivity index (χ1) is 5.70. The Bertz CT molecular complexity index is 185. The van der Waals surface area contributed by atoms with Crippen LogP contribution in [0.2, 0.25) is 0 Å². The number of hydrogen-bond acceptors (Lipinski definition) is 1. The number of allylic oxidation sites excluding steroid dienone is 5. The summed E-state index contributed by atoms with van der Waals surface area (Å²) in [5, 5.41) is 3.34. The number of rotatable bonds is 4. The Morgan fingerprint density at radius 3 is 2.25 bits per heavy atom. The molecule has 0 aromatic heterocycles. The third kappa shape index (κ3) is 5.78. The van der Waals surface area contributed by atoms with Crippen molar-refractivity contribution in [3.05, 3.63) is 36.1 Å². The van der Waals surface area contributed by atoms with Gasteiger partial charge in [-0.1, -0.05) is 18.2 Å². The molecule has 0 heterocycles. The molecule has 0 aliphatic rings. The van der Waals surface area contributed by atoms with Crippen molar-refractivity contribution in [1.29, 1.82) is 0 Å². The fourth-order valence-electron chi connectivity index (χ4n) is 0.865. The van der Waals surface area contributed by atoms with E-state index in [1.54, 1.807) is 0 Å². The van der Waals surface area contributed by atoms with Gasteiger partial charge >= 0.3 is 0 Å². The molecular formula is C11H19N. The first kappa shape index (κ1) is 11.0. The summed E-state index contributed by atoms with van der Waals surface area (Å²) in [6.07, 6.45) is 10.2. The van der Waals surface area contributed by atoms with E-state index in [0.717, 1.165) is 5.70 Å². The number of nitrogens with one attached hydrogen (secondary N) is 1. The van der Waals surface area contributed by atoms with E-state index in [1.807, 2.05) is 32.1 Å². The van der Waals surface area contributed by atoms with Crippen molar-refractivity contribution in [2.75, 3.05) is 0 Å². The van der Waals surface area contributed by atoms with E-state index in [-0.39, 0.29) is 0 Å². The van der Waals surface area contributed by atoms with E-state index in [9.17, 15) is 0 Å². The van der Waals surface area contributed by atoms with Crippen molar-refractivity contribution in [3.8, 4) is 0 Å². The summed E-state index contributed by atoms with van der Waals surface area (Å²) in [6.45, 7) is 8.30. The van der Waals surface area contributed by atoms with Crippen molar-refractivity contribution in [2.45, 2.75) is 33.7 Å². The van der Waals surface area contributed by atoms with E-state index in [4.69, 9.17) is 0 Å². The fourth-order valence-corrected chi connectivity index (χ4v) is 0.865. The minimum Gasteiger partial charge on any atom is -0.383 e. The second-order valence-electron chi connectivity index (χ2n) is 2.95. The highest BCUT2D eigenvalue weighted by molar-refractivity contribution is 5.21. The van der Waals surface area contributed by atoms with Gasteiger partial charge in [0.25, 0.3) is 0 Å². The van der Waals surface area contributed by atoms with Gasteiger partial charge in [0.15, 0.2) is 0 Å². The summed E-state index contributed by atoms with van der Waals surface area (Å²) >= 11 is 0. The van der Waals surface area contributed by atoms with Crippen LogP contribution in [0, 0.1) is 0 Å². The highest BCUT2D eigenvalue weighted by Gasteiger charge is 1.91. The van der Waals surface area contributed by atoms with Crippen LogP contribution in [0.15, 0.2) is 36.1 Å². The van der Waals surface area contributed by atoms with Crippen LogP contribution < -0.4 is 5.32 Å². The van der Waals surface area contributed by atoms with Crippen LogP contribution in [0.4, 0.5) is 0 Å². The molecule has 0 atom stereocenters. The van der Waals surface area contributed by atoms with Crippen molar-refractivity contribution in [1.82, 2.24) is 5.32 Å². The molecule has 1 nitrogen and oxygen atoms in total. The molecule has 1 heteroatoms. The van der Waals surface area contributed by atoms with Gasteiger partial charge in [-0.05, 0) is 39.8 Å². The molecule has 0 bridgehead atoms. The van der Waals surface area contributed by atoms with Gasteiger partial charge in [0, 0.05) is 11.7 Å². The lowest BCUT2D eigenvalue weighted by molar-refractivity contribution is 0.681. The van der Waals surface area contributed by atoms with Gasteiger partial charge in [0.1, 0.15) is 0 Å². The lowest BCUT2D eigenvalue weighted by Crippen LogP contribution is -2.20. The summed E-state index contributed by atoms with van der Waals surface area (Å²) in [6, 6.07) is 0.484. The van der Waals surface area contributed by atoms with Crippen molar-refractivity contribution >= 4 is 0 Å². The Morgan fingerprint density at radius 1 is 1.17 bits per heavy atom. The summed E-state index contributed by atoms with van der Waals surface area (Å²) in [5.74, 6) is 0. The quantitative estimate of drug-likeness (QED) is 0.631. The third-order valence-corrected chi connectivity index (χ3v) is 1.27. The largest absolute Gasteiger partial charge is 0.383 e. The summed E-state index contributed by atoms with van der Waals surface area (Å²) < 4.78 is 0. The molecule has 0 rings (SSSR count). The second-order valence-corrected chi connectivity index (χ2v) is 2.95. The van der Waals surface area contributed by atoms with Gasteiger partial charge in [-0.3, -0.25) is 0 Å². The summed E-state index contributed by atoms with van der Waals surface area (Å²) in [4.78, 5) is 0. The first-order valence-electron chi connectivity index (χ1n) is 4.43. The highest BCUT2D eigenvalue weighted by atomic mass is 14.9. The zero-order chi connectivity index (χ0) is 9.40. The monoisotopic (exact) mass is 165 g/mol. The maximum Gasteiger partial charge on any atom is 0.0338 e. The van der Waals surface area contributed by atoms with Gasteiger partial charge in [-0.2, -0.15) is 0 Å². The predicted octanol–water partition coefficient (Wildman–Crippen LogP) is 3.02. The maximum atomic E-state index is 3.34. The SMILES string of the molecule is C\C=C/C=C(\C=C/C)NC(C)C. The zero-order valence-corrected chi connectivity index (χ0v) is 8.46. The molecule has 0 radical (unpaired) electrons. The molecule has 12 heavy (non-hydrogen) atoms. The van der Waals surface area contributed by atoms with Crippen LogP contribution in [0.3, 0.4) is 0 Å². The van der Waals surface area contributed by atoms with Gasteiger partial charge in [0.2, 0.25) is 0 Å². The molecule has 0 saturated heterocycles. The van der Waals surface area contributed by atoms with E-state index >= 15 is 0 Å². The van der Waals surface area contributed by atoms with Crippen LogP contribution in [0.25, 0.3) is 0 Å². The molecule has 0 aliphatic heterocycles. The molecule has 0 aliphatic carbocycles. The van der Waals surface area contributed by atoms with E-state index in [0.29, 0.717) is 6.04 Å². The van der Waals surface area contributed by atoms with Crippen LogP contribution in [-0.4, -0.2) is 6.04 Å². The molecule has 0 aromatic carbocycles. The van der Waals surface area contributed by atoms with E-state index in [1.165, 1.54) is 0 Å². The zero-order valence-electron chi connectivity index (χ0n) is 8.46. The smallest absolute Gasteiger partial charge is 0.0338 e. The van der Waals surface area contributed by atoms with Crippen molar-refractivity contribution in [3.63, 3.8) is 0 Å². The van der Waals surface area contributed by atoms with Crippen molar-refractivity contribution < 1.29 is 0 Å². The fraction of sp³-hybridized carbons (Fsp3) is 0.455. The summed E-state index contributed by atoms with van der Waals surface area (Å²) in [7, 11) is 0. The Kier molecular flexibility index (Phi) is 6.16. The minimum atomic E-state index is 0.484. The lowest BCUT2D eigenvalue weighted by atomic mass is 10.3. The Hall–Kier alpha value is -0.980. The van der Waals surface area contributed by atoms with E-state index < -0.39 is 0 Å². The molecule has 1 N–H and O–H groups in total. The van der Waals surface area contributed by atoms with E-state index in [2.05, 4.69) is 31.3 Å². The number of hydrogen-bond donors (Lipinski definition) is 1. The molecule has 0 aromatic rings. The molecule has 0 saturated carbocycles. The Balaban J connectivity index is 4.22. The Labute approximate surface area is 75.9 Å². The average Bonchev–Trinajstić information content (AvgIpc) is 2.00. The first-order valence-corrected chi connectivity index (χ1v) is 4.43. The van der Waals surface area contributed by atoms with Crippen LogP contribution >= 0.6 is 0 Å². The molecule has 0 unspecified atom stereocenters. The molecule has 0 fully saturated rings. The van der Waals surface area contributed by atoms with Gasteiger partial charge in [-0.15, -0.1) is 0 Å². The third-order valence-electron chi connectivity index (χ3n) is 1.27. The standard InChI is InChI=1S/C11H19N/c1-5-7-9-11(8-6-2)12-10(3)4/h5-10,12H,1-4H3/b7-5-,8-6-,11-9+. The molecule has 0 amide bonds. The molecular weight excluding hydrogens is 146 g/mol. The average molecular weight is 165 g/mol. The van der Waals surface area contributed by atoms with Crippen LogP contribution in [0.1, 0.15) is 27.7 Å². The van der Waals surface area contributed by atoms with Gasteiger partial charge in [0.05, 0.1) is 0 Å². The lowest BCUT2D eigenvalue weighted by Gasteiger charge is -2.09. The predicted molar refractivity (Wildman–Crippen MR) is 56.0 cm³/mol. The highest BCUT2D eigenvalue weighted by Crippen LogP contribution is 1.95. The summed E-state index contributed by atoms with van der Waals surface area (Å²) in [5.41, 5.74) is 1.16. The normalized spacial score (nSPS) is 13.6. The Morgan fingerprint density at radius 2 is 1.83 bits per heavy atom. The second kappa shape index (κ2) is 6.71. The van der Waals surface area contributed by atoms with Crippen LogP contribution in [-0.2, 0) is 0 Å². The molecule has 68 valence electrons. The minimum absolute atomic E-state index is 0.484. The van der Waals surface area contributed by atoms with Gasteiger partial charge < -0.3 is 5.32 Å². The van der Waals surface area contributed by atoms with Crippen molar-refractivity contribution in [2.24, 2.45) is 0 Å². The maximum absolute atomic E-state index is 3.34.